The normalized spacial score (nSPS) is 10.9. The van der Waals surface area contributed by atoms with Crippen LogP contribution < -0.4 is 10.1 Å². The fraction of sp³-hybridized carbons (Fsp3) is 0.562. The predicted molar refractivity (Wildman–Crippen MR) is 89.8 cm³/mol. The average Bonchev–Trinajstić information content (AvgIpc) is 2.85. The highest BCUT2D eigenvalue weighted by Gasteiger charge is 2.19. The second kappa shape index (κ2) is 8.08. The van der Waals surface area contributed by atoms with Crippen LogP contribution in [0.15, 0.2) is 6.33 Å². The van der Waals surface area contributed by atoms with Gasteiger partial charge in [-0.05, 0) is 25.8 Å². The second-order valence-corrected chi connectivity index (χ2v) is 6.16. The first-order chi connectivity index (χ1) is 10.7. The Balaban J connectivity index is 2.12. The molecule has 0 aliphatic heterocycles. The molecule has 2 heterocycles. The van der Waals surface area contributed by atoms with Crippen molar-refractivity contribution in [2.75, 3.05) is 13.2 Å². The van der Waals surface area contributed by atoms with Crippen LogP contribution in [-0.4, -0.2) is 29.0 Å². The molecule has 22 heavy (non-hydrogen) atoms. The molecule has 1 N–H and O–H groups in total. The van der Waals surface area contributed by atoms with Crippen molar-refractivity contribution < 1.29 is 9.53 Å². The molecule has 2 aromatic heterocycles. The lowest BCUT2D eigenvalue weighted by molar-refractivity contribution is 0.0956. The molecule has 0 saturated heterocycles. The van der Waals surface area contributed by atoms with E-state index in [2.05, 4.69) is 22.2 Å². The van der Waals surface area contributed by atoms with E-state index in [0.29, 0.717) is 17.4 Å². The molecule has 5 nitrogen and oxygen atoms in total. The first kappa shape index (κ1) is 16.7. The summed E-state index contributed by atoms with van der Waals surface area (Å²) in [7, 11) is 0. The van der Waals surface area contributed by atoms with Gasteiger partial charge in [0.25, 0.3) is 5.91 Å². The number of nitrogens with zero attached hydrogens (tertiary/aromatic N) is 2. The van der Waals surface area contributed by atoms with Gasteiger partial charge in [0.1, 0.15) is 11.2 Å². The quantitative estimate of drug-likeness (QED) is 0.753. The van der Waals surface area contributed by atoms with Crippen LogP contribution in [0.2, 0.25) is 0 Å². The lowest BCUT2D eigenvalue weighted by atomic mass is 10.2. The van der Waals surface area contributed by atoms with Gasteiger partial charge in [0, 0.05) is 6.54 Å². The third-order valence-corrected chi connectivity index (χ3v) is 4.69. The van der Waals surface area contributed by atoms with E-state index < -0.39 is 0 Å². The maximum absolute atomic E-state index is 12.3. The van der Waals surface area contributed by atoms with Crippen molar-refractivity contribution in [2.45, 2.75) is 46.5 Å². The Hall–Kier alpha value is -1.69. The standard InChI is InChI=1S/C16H23N3O2S/c1-4-6-7-8-9-17-14(20)13-11(3)12-15(21-5-2)18-10-19-16(12)22-13/h10H,4-9H2,1-3H3,(H,17,20). The summed E-state index contributed by atoms with van der Waals surface area (Å²) in [5, 5.41) is 3.85. The molecular weight excluding hydrogens is 298 g/mol. The molecule has 0 radical (unpaired) electrons. The van der Waals surface area contributed by atoms with Crippen molar-refractivity contribution >= 4 is 27.5 Å². The van der Waals surface area contributed by atoms with Crippen LogP contribution in [0.4, 0.5) is 0 Å². The van der Waals surface area contributed by atoms with Crippen LogP contribution in [0.25, 0.3) is 10.2 Å². The number of thiophene rings is 1. The van der Waals surface area contributed by atoms with E-state index in [-0.39, 0.29) is 5.91 Å². The Morgan fingerprint density at radius 2 is 2.09 bits per heavy atom. The molecule has 1 amide bonds. The number of ether oxygens (including phenoxy) is 1. The van der Waals surface area contributed by atoms with Gasteiger partial charge < -0.3 is 10.1 Å². The summed E-state index contributed by atoms with van der Waals surface area (Å²) in [4.78, 5) is 22.3. The van der Waals surface area contributed by atoms with E-state index in [9.17, 15) is 4.79 Å². The Morgan fingerprint density at radius 1 is 1.27 bits per heavy atom. The molecular formula is C16H23N3O2S. The van der Waals surface area contributed by atoms with E-state index in [1.54, 1.807) is 0 Å². The lowest BCUT2D eigenvalue weighted by Crippen LogP contribution is -2.24. The zero-order chi connectivity index (χ0) is 15.9. The summed E-state index contributed by atoms with van der Waals surface area (Å²) in [6.45, 7) is 7.28. The Labute approximate surface area is 135 Å². The van der Waals surface area contributed by atoms with Gasteiger partial charge in [-0.1, -0.05) is 26.2 Å². The van der Waals surface area contributed by atoms with Crippen molar-refractivity contribution in [1.29, 1.82) is 0 Å². The molecule has 0 aliphatic rings. The van der Waals surface area contributed by atoms with Gasteiger partial charge in [0.15, 0.2) is 0 Å². The van der Waals surface area contributed by atoms with Crippen LogP contribution in [0.5, 0.6) is 5.88 Å². The molecule has 0 fully saturated rings. The zero-order valence-electron chi connectivity index (χ0n) is 13.4. The molecule has 2 aromatic rings. The fourth-order valence-electron chi connectivity index (χ4n) is 2.34. The first-order valence-corrected chi connectivity index (χ1v) is 8.65. The lowest BCUT2D eigenvalue weighted by Gasteiger charge is -2.05. The third kappa shape index (κ3) is 3.74. The topological polar surface area (TPSA) is 64.1 Å². The number of fused-ring (bicyclic) bond motifs is 1. The number of rotatable bonds is 8. The number of nitrogens with one attached hydrogen (secondary N) is 1. The monoisotopic (exact) mass is 321 g/mol. The van der Waals surface area contributed by atoms with Gasteiger partial charge in [-0.15, -0.1) is 11.3 Å². The average molecular weight is 321 g/mol. The fourth-order valence-corrected chi connectivity index (χ4v) is 3.39. The highest BCUT2D eigenvalue weighted by atomic mass is 32.1. The van der Waals surface area contributed by atoms with Crippen LogP contribution in [0, 0.1) is 6.92 Å². The molecule has 0 bridgehead atoms. The van der Waals surface area contributed by atoms with Gasteiger partial charge in [-0.25, -0.2) is 9.97 Å². The minimum atomic E-state index is -0.0283. The van der Waals surface area contributed by atoms with Gasteiger partial charge in [-0.2, -0.15) is 0 Å². The van der Waals surface area contributed by atoms with Crippen LogP contribution in [-0.2, 0) is 0 Å². The van der Waals surface area contributed by atoms with Crippen molar-refractivity contribution in [3.8, 4) is 5.88 Å². The molecule has 2 rings (SSSR count). The van der Waals surface area contributed by atoms with Crippen LogP contribution in [0.1, 0.15) is 54.8 Å². The van der Waals surface area contributed by atoms with E-state index in [4.69, 9.17) is 4.74 Å². The highest BCUT2D eigenvalue weighted by molar-refractivity contribution is 7.20. The van der Waals surface area contributed by atoms with Crippen molar-refractivity contribution in [3.63, 3.8) is 0 Å². The van der Waals surface area contributed by atoms with E-state index in [1.165, 1.54) is 30.5 Å². The number of unbranched alkanes of at least 4 members (excludes halogenated alkanes) is 3. The van der Waals surface area contributed by atoms with Gasteiger partial charge in [0.2, 0.25) is 5.88 Å². The maximum atomic E-state index is 12.3. The highest BCUT2D eigenvalue weighted by Crippen LogP contribution is 2.34. The SMILES string of the molecule is CCCCCCNC(=O)c1sc2ncnc(OCC)c2c1C. The second-order valence-electron chi connectivity index (χ2n) is 5.16. The summed E-state index contributed by atoms with van der Waals surface area (Å²) in [5.74, 6) is 0.530. The number of hydrogen-bond donors (Lipinski definition) is 1. The molecule has 0 spiro atoms. The molecule has 0 aromatic carbocycles. The number of aromatic nitrogens is 2. The van der Waals surface area contributed by atoms with E-state index in [1.807, 2.05) is 13.8 Å². The van der Waals surface area contributed by atoms with E-state index in [0.717, 1.165) is 35.2 Å². The van der Waals surface area contributed by atoms with Gasteiger partial charge >= 0.3 is 0 Å². The summed E-state index contributed by atoms with van der Waals surface area (Å²) in [5.41, 5.74) is 0.898. The zero-order valence-corrected chi connectivity index (χ0v) is 14.3. The van der Waals surface area contributed by atoms with E-state index >= 15 is 0 Å². The Bertz CT molecular complexity index is 640. The van der Waals surface area contributed by atoms with Crippen LogP contribution >= 0.6 is 11.3 Å². The molecule has 0 aliphatic carbocycles. The molecule has 0 unspecified atom stereocenters. The van der Waals surface area contributed by atoms with Crippen molar-refractivity contribution in [3.05, 3.63) is 16.8 Å². The molecule has 6 heteroatoms. The number of hydrogen-bond acceptors (Lipinski definition) is 5. The Kier molecular flexibility index (Phi) is 6.12. The predicted octanol–water partition coefficient (Wildman–Crippen LogP) is 3.71. The maximum Gasteiger partial charge on any atom is 0.261 e. The Morgan fingerprint density at radius 3 is 2.82 bits per heavy atom. The van der Waals surface area contributed by atoms with Crippen molar-refractivity contribution in [2.24, 2.45) is 0 Å². The largest absolute Gasteiger partial charge is 0.477 e. The first-order valence-electron chi connectivity index (χ1n) is 7.84. The molecule has 0 atom stereocenters. The summed E-state index contributed by atoms with van der Waals surface area (Å²) in [6.07, 6.45) is 6.07. The number of aryl methyl sites for hydroxylation is 1. The molecule has 0 saturated carbocycles. The number of carbonyl (C=O) groups is 1. The summed E-state index contributed by atoms with van der Waals surface area (Å²) >= 11 is 1.40. The van der Waals surface area contributed by atoms with Crippen molar-refractivity contribution in [1.82, 2.24) is 15.3 Å². The third-order valence-electron chi connectivity index (χ3n) is 3.50. The minimum Gasteiger partial charge on any atom is -0.477 e. The smallest absolute Gasteiger partial charge is 0.261 e. The van der Waals surface area contributed by atoms with Gasteiger partial charge in [0.05, 0.1) is 16.9 Å². The van der Waals surface area contributed by atoms with Crippen LogP contribution in [0.3, 0.4) is 0 Å². The number of carbonyl (C=O) groups excluding carboxylic acids is 1. The summed E-state index contributed by atoms with van der Waals surface area (Å²) in [6, 6.07) is 0. The number of amides is 1. The summed E-state index contributed by atoms with van der Waals surface area (Å²) < 4.78 is 5.54. The minimum absolute atomic E-state index is 0.0283. The molecule has 120 valence electrons. The van der Waals surface area contributed by atoms with Gasteiger partial charge in [-0.3, -0.25) is 4.79 Å².